The van der Waals surface area contributed by atoms with Gasteiger partial charge in [0.05, 0.1) is 20.8 Å². The molecule has 3 rings (SSSR count). The lowest BCUT2D eigenvalue weighted by Gasteiger charge is -2.28. The highest BCUT2D eigenvalue weighted by atomic mass is 32.1. The molecule has 216 valence electrons. The average Bonchev–Trinajstić information content (AvgIpc) is 3.36. The van der Waals surface area contributed by atoms with E-state index in [4.69, 9.17) is 14.2 Å². The number of thiophene rings is 1. The molecule has 0 fully saturated rings. The largest absolute Gasteiger partial charge is 0.493 e. The van der Waals surface area contributed by atoms with E-state index in [-0.39, 0.29) is 18.5 Å². The van der Waals surface area contributed by atoms with Crippen LogP contribution in [0.4, 0.5) is 10.5 Å². The first-order valence-corrected chi connectivity index (χ1v) is 14.4. The molecule has 0 saturated carbocycles. The molecule has 0 aliphatic heterocycles. The van der Waals surface area contributed by atoms with Crippen molar-refractivity contribution in [2.45, 2.75) is 40.2 Å². The highest BCUT2D eigenvalue weighted by Gasteiger charge is 2.22. The fourth-order valence-corrected chi connectivity index (χ4v) is 5.20. The average molecular weight is 568 g/mol. The summed E-state index contributed by atoms with van der Waals surface area (Å²) < 4.78 is 16.3. The summed E-state index contributed by atoms with van der Waals surface area (Å²) in [7, 11) is 3.22. The van der Waals surface area contributed by atoms with E-state index in [2.05, 4.69) is 24.4 Å². The van der Waals surface area contributed by atoms with Crippen molar-refractivity contribution < 1.29 is 23.8 Å². The van der Waals surface area contributed by atoms with Gasteiger partial charge in [-0.2, -0.15) is 0 Å². The number of rotatable bonds is 15. The van der Waals surface area contributed by atoms with E-state index >= 15 is 0 Å². The van der Waals surface area contributed by atoms with Crippen LogP contribution in [0.1, 0.15) is 34.2 Å². The molecule has 2 aromatic carbocycles. The second-order valence-electron chi connectivity index (χ2n) is 9.54. The number of hydrogen-bond donors (Lipinski definition) is 1. The van der Waals surface area contributed by atoms with Crippen molar-refractivity contribution in [3.05, 3.63) is 75.5 Å². The number of hydrogen-bond acceptors (Lipinski definition) is 6. The normalized spacial score (nSPS) is 10.7. The maximum Gasteiger partial charge on any atom is 0.322 e. The minimum absolute atomic E-state index is 0.0277. The molecule has 8 nitrogen and oxygen atoms in total. The summed E-state index contributed by atoms with van der Waals surface area (Å²) in [6.07, 6.45) is 1.27. The van der Waals surface area contributed by atoms with Gasteiger partial charge < -0.3 is 29.3 Å². The van der Waals surface area contributed by atoms with E-state index in [0.29, 0.717) is 62.9 Å². The molecule has 1 N–H and O–H groups in total. The highest BCUT2D eigenvalue weighted by molar-refractivity contribution is 7.11. The maximum absolute atomic E-state index is 13.7. The third-order valence-electron chi connectivity index (χ3n) is 6.42. The molecule has 0 aliphatic rings. The summed E-state index contributed by atoms with van der Waals surface area (Å²) in [5.41, 5.74) is 2.78. The van der Waals surface area contributed by atoms with Gasteiger partial charge in [-0.1, -0.05) is 18.2 Å². The Morgan fingerprint density at radius 2 is 1.73 bits per heavy atom. The van der Waals surface area contributed by atoms with Crippen LogP contribution >= 0.6 is 11.3 Å². The summed E-state index contributed by atoms with van der Waals surface area (Å²) in [5, 5.41) is 2.95. The zero-order valence-electron chi connectivity index (χ0n) is 24.2. The van der Waals surface area contributed by atoms with Crippen molar-refractivity contribution in [1.82, 2.24) is 9.80 Å². The number of methoxy groups -OCH3 is 2. The van der Waals surface area contributed by atoms with Gasteiger partial charge in [0, 0.05) is 41.7 Å². The Morgan fingerprint density at radius 3 is 2.40 bits per heavy atom. The number of carbonyl (C=O) groups excluding carboxylic acids is 2. The van der Waals surface area contributed by atoms with Crippen LogP contribution in [0.25, 0.3) is 0 Å². The fraction of sp³-hybridized carbons (Fsp3) is 0.419. The lowest BCUT2D eigenvalue weighted by Crippen LogP contribution is -2.45. The molecular weight excluding hydrogens is 526 g/mol. The molecule has 40 heavy (non-hydrogen) atoms. The molecule has 1 heterocycles. The van der Waals surface area contributed by atoms with Crippen LogP contribution in [0.3, 0.4) is 0 Å². The quantitative estimate of drug-likeness (QED) is 0.231. The van der Waals surface area contributed by atoms with E-state index in [1.165, 1.54) is 4.88 Å². The monoisotopic (exact) mass is 567 g/mol. The van der Waals surface area contributed by atoms with Crippen molar-refractivity contribution in [1.29, 1.82) is 0 Å². The Bertz CT molecular complexity index is 1250. The van der Waals surface area contributed by atoms with Gasteiger partial charge in [0.2, 0.25) is 5.91 Å². The van der Waals surface area contributed by atoms with Crippen molar-refractivity contribution in [3.8, 4) is 11.5 Å². The van der Waals surface area contributed by atoms with Crippen LogP contribution < -0.4 is 14.8 Å². The first kappa shape index (κ1) is 31.0. The van der Waals surface area contributed by atoms with Gasteiger partial charge in [-0.05, 0) is 81.1 Å². The molecule has 0 atom stereocenters. The number of nitrogens with one attached hydrogen (secondary N) is 1. The summed E-state index contributed by atoms with van der Waals surface area (Å²) in [4.78, 5) is 32.7. The van der Waals surface area contributed by atoms with E-state index in [1.54, 1.807) is 30.5 Å². The van der Waals surface area contributed by atoms with Crippen molar-refractivity contribution in [3.63, 3.8) is 0 Å². The Balaban J connectivity index is 1.76. The number of benzene rings is 2. The van der Waals surface area contributed by atoms with Crippen LogP contribution in [0.2, 0.25) is 0 Å². The number of amides is 3. The Kier molecular flexibility index (Phi) is 12.3. The summed E-state index contributed by atoms with van der Waals surface area (Å²) >= 11 is 1.67. The van der Waals surface area contributed by atoms with Crippen LogP contribution in [0.5, 0.6) is 11.5 Å². The third-order valence-corrected chi connectivity index (χ3v) is 7.40. The Hall–Kier alpha value is -3.56. The predicted octanol–water partition coefficient (Wildman–Crippen LogP) is 5.91. The zero-order chi connectivity index (χ0) is 28.9. The number of carbonyl (C=O) groups is 2. The van der Waals surface area contributed by atoms with Gasteiger partial charge in [0.15, 0.2) is 11.5 Å². The van der Waals surface area contributed by atoms with Crippen LogP contribution in [0, 0.1) is 13.8 Å². The Labute approximate surface area is 241 Å². The topological polar surface area (TPSA) is 80.3 Å². The number of urea groups is 1. The van der Waals surface area contributed by atoms with E-state index in [0.717, 1.165) is 16.0 Å². The number of ether oxygens (including phenoxy) is 3. The molecule has 3 aromatic rings. The molecule has 3 amide bonds. The fourth-order valence-electron chi connectivity index (χ4n) is 4.29. The Morgan fingerprint density at radius 1 is 0.925 bits per heavy atom. The van der Waals surface area contributed by atoms with Gasteiger partial charge in [-0.25, -0.2) is 4.79 Å². The number of aryl methyl sites for hydroxylation is 2. The summed E-state index contributed by atoms with van der Waals surface area (Å²) in [6.45, 7) is 8.46. The van der Waals surface area contributed by atoms with E-state index in [9.17, 15) is 9.59 Å². The van der Waals surface area contributed by atoms with E-state index < -0.39 is 0 Å². The van der Waals surface area contributed by atoms with Crippen LogP contribution in [-0.4, -0.2) is 68.8 Å². The predicted molar refractivity (Wildman–Crippen MR) is 161 cm³/mol. The van der Waals surface area contributed by atoms with Gasteiger partial charge >= 0.3 is 6.03 Å². The van der Waals surface area contributed by atoms with Crippen LogP contribution in [0.15, 0.2) is 54.6 Å². The molecule has 0 saturated heterocycles. The first-order chi connectivity index (χ1) is 19.3. The molecule has 1 aromatic heterocycles. The van der Waals surface area contributed by atoms with E-state index in [1.807, 2.05) is 61.2 Å². The smallest absolute Gasteiger partial charge is 0.322 e. The van der Waals surface area contributed by atoms with Gasteiger partial charge in [-0.3, -0.25) is 4.79 Å². The molecule has 0 radical (unpaired) electrons. The second-order valence-corrected chi connectivity index (χ2v) is 10.9. The molecule has 0 spiro atoms. The lowest BCUT2D eigenvalue weighted by atomic mass is 10.1. The summed E-state index contributed by atoms with van der Waals surface area (Å²) in [6, 6.07) is 17.2. The molecule has 0 unspecified atom stereocenters. The lowest BCUT2D eigenvalue weighted by molar-refractivity contribution is -0.132. The van der Waals surface area contributed by atoms with Crippen LogP contribution in [-0.2, 0) is 22.5 Å². The van der Waals surface area contributed by atoms with Gasteiger partial charge in [-0.15, -0.1) is 11.3 Å². The summed E-state index contributed by atoms with van der Waals surface area (Å²) in [5.74, 6) is 1.21. The second kappa shape index (κ2) is 15.9. The van der Waals surface area contributed by atoms with Gasteiger partial charge in [0.25, 0.3) is 0 Å². The van der Waals surface area contributed by atoms with Gasteiger partial charge in [0.1, 0.15) is 6.54 Å². The first-order valence-electron chi connectivity index (χ1n) is 13.6. The molecule has 0 bridgehead atoms. The van der Waals surface area contributed by atoms with Crippen molar-refractivity contribution >= 4 is 29.0 Å². The van der Waals surface area contributed by atoms with Crippen molar-refractivity contribution in [2.75, 3.05) is 52.4 Å². The number of anilines is 1. The minimum atomic E-state index is -0.303. The maximum atomic E-state index is 13.7. The standard InChI is InChI=1S/C31H41N3O5S/c1-6-39-18-8-16-34(31(36)32-26-10-7-9-23(2)19-26)22-30(35)33(21-27-13-11-24(3)40-27)17-15-25-12-14-28(37-4)29(20-25)38-5/h7,9-14,19-20H,6,8,15-18,21-22H2,1-5H3,(H,32,36). The minimum Gasteiger partial charge on any atom is -0.493 e. The zero-order valence-corrected chi connectivity index (χ0v) is 25.0. The molecule has 0 aliphatic carbocycles. The van der Waals surface area contributed by atoms with Crippen molar-refractivity contribution in [2.24, 2.45) is 0 Å². The molecule has 9 heteroatoms. The molecular formula is C31H41N3O5S. The third kappa shape index (κ3) is 9.57. The highest BCUT2D eigenvalue weighted by Crippen LogP contribution is 2.28. The number of nitrogens with zero attached hydrogens (tertiary/aromatic N) is 2. The SMILES string of the molecule is CCOCCCN(CC(=O)N(CCc1ccc(OC)c(OC)c1)Cc1ccc(C)s1)C(=O)Nc1cccc(C)c1.